The summed E-state index contributed by atoms with van der Waals surface area (Å²) in [4.78, 5) is 18.1. The zero-order valence-electron chi connectivity index (χ0n) is 15.2. The molecule has 2 aromatic carbocycles. The largest absolute Gasteiger partial charge is 0.496 e. The van der Waals surface area contributed by atoms with Crippen LogP contribution in [-0.2, 0) is 17.8 Å². The molecule has 0 fully saturated rings. The second-order valence-electron chi connectivity index (χ2n) is 6.11. The van der Waals surface area contributed by atoms with Gasteiger partial charge >= 0.3 is 0 Å². The van der Waals surface area contributed by atoms with E-state index in [0.717, 1.165) is 32.5 Å². The van der Waals surface area contributed by atoms with Crippen molar-refractivity contribution in [1.29, 1.82) is 0 Å². The highest BCUT2D eigenvalue weighted by atomic mass is 32.1. The average Bonchev–Trinajstić information content (AvgIpc) is 3.01. The fraction of sp³-hybridized carbons (Fsp3) is 0.238. The number of amides is 1. The Morgan fingerprint density at radius 2 is 1.85 bits per heavy atom. The fourth-order valence-corrected chi connectivity index (χ4v) is 3.88. The highest BCUT2D eigenvalue weighted by molar-refractivity contribution is 7.15. The van der Waals surface area contributed by atoms with Crippen LogP contribution in [0.5, 0.6) is 5.75 Å². The second-order valence-corrected chi connectivity index (χ2v) is 7.19. The van der Waals surface area contributed by atoms with Crippen molar-refractivity contribution in [3.8, 4) is 16.3 Å². The maximum atomic E-state index is 12.3. The van der Waals surface area contributed by atoms with E-state index >= 15 is 0 Å². The van der Waals surface area contributed by atoms with Gasteiger partial charge in [0.2, 0.25) is 5.91 Å². The molecule has 0 saturated heterocycles. The Kier molecular flexibility index (Phi) is 5.68. The minimum absolute atomic E-state index is 0.0280. The molecular formula is C21H22N2O2S. The van der Waals surface area contributed by atoms with Gasteiger partial charge in [-0.15, -0.1) is 11.3 Å². The van der Waals surface area contributed by atoms with Crippen molar-refractivity contribution in [2.24, 2.45) is 0 Å². The predicted octanol–water partition coefficient (Wildman–Crippen LogP) is 4.29. The quantitative estimate of drug-likeness (QED) is 0.708. The van der Waals surface area contributed by atoms with Gasteiger partial charge in [0, 0.05) is 16.0 Å². The van der Waals surface area contributed by atoms with E-state index in [1.54, 1.807) is 18.4 Å². The maximum Gasteiger partial charge on any atom is 0.224 e. The van der Waals surface area contributed by atoms with Gasteiger partial charge in [0.15, 0.2) is 0 Å². The van der Waals surface area contributed by atoms with Crippen LogP contribution in [0.15, 0.2) is 48.5 Å². The molecule has 3 rings (SSSR count). The summed E-state index contributed by atoms with van der Waals surface area (Å²) in [6, 6.07) is 15.8. The highest BCUT2D eigenvalue weighted by Crippen LogP contribution is 2.30. The van der Waals surface area contributed by atoms with Crippen molar-refractivity contribution < 1.29 is 9.53 Å². The molecule has 0 aliphatic rings. The Morgan fingerprint density at radius 3 is 2.62 bits per heavy atom. The number of benzene rings is 2. The Balaban J connectivity index is 1.67. The van der Waals surface area contributed by atoms with Crippen LogP contribution in [0.2, 0.25) is 0 Å². The molecule has 0 unspecified atom stereocenters. The molecule has 1 N–H and O–H groups in total. The Hall–Kier alpha value is -2.66. The molecule has 1 heterocycles. The second kappa shape index (κ2) is 8.15. The molecule has 3 aromatic rings. The molecule has 0 radical (unpaired) electrons. The predicted molar refractivity (Wildman–Crippen MR) is 106 cm³/mol. The lowest BCUT2D eigenvalue weighted by Gasteiger charge is -2.08. The third-order valence-electron chi connectivity index (χ3n) is 4.26. The number of carbonyl (C=O) groups excluding carboxylic acids is 1. The van der Waals surface area contributed by atoms with E-state index in [0.29, 0.717) is 13.0 Å². The molecule has 134 valence electrons. The maximum absolute atomic E-state index is 12.3. The third-order valence-corrected chi connectivity index (χ3v) is 5.45. The zero-order chi connectivity index (χ0) is 18.5. The summed E-state index contributed by atoms with van der Waals surface area (Å²) in [5.41, 5.74) is 4.19. The van der Waals surface area contributed by atoms with Crippen LogP contribution in [-0.4, -0.2) is 18.0 Å². The lowest BCUT2D eigenvalue weighted by Crippen LogP contribution is -2.24. The fourth-order valence-electron chi connectivity index (χ4n) is 2.78. The van der Waals surface area contributed by atoms with Gasteiger partial charge < -0.3 is 10.1 Å². The number of hydrogen-bond acceptors (Lipinski definition) is 4. The number of methoxy groups -OCH3 is 1. The van der Waals surface area contributed by atoms with E-state index in [2.05, 4.69) is 29.4 Å². The normalized spacial score (nSPS) is 10.6. The Morgan fingerprint density at radius 1 is 1.12 bits per heavy atom. The van der Waals surface area contributed by atoms with Crippen LogP contribution in [0.3, 0.4) is 0 Å². The number of aryl methyl sites for hydroxylation is 2. The lowest BCUT2D eigenvalue weighted by molar-refractivity contribution is -0.120. The molecule has 5 heteroatoms. The summed E-state index contributed by atoms with van der Waals surface area (Å²) in [7, 11) is 1.62. The molecule has 0 aliphatic heterocycles. The minimum Gasteiger partial charge on any atom is -0.496 e. The van der Waals surface area contributed by atoms with E-state index in [9.17, 15) is 4.79 Å². The SMILES string of the molecule is COc1ccccc1CC(=O)NCc1sc(-c2ccccc2C)nc1C. The highest BCUT2D eigenvalue weighted by Gasteiger charge is 2.13. The summed E-state index contributed by atoms with van der Waals surface area (Å²) in [5, 5.41) is 3.99. The van der Waals surface area contributed by atoms with Crippen LogP contribution in [0.25, 0.3) is 10.6 Å². The number of rotatable bonds is 6. The monoisotopic (exact) mass is 366 g/mol. The van der Waals surface area contributed by atoms with Crippen molar-refractivity contribution in [3.05, 3.63) is 70.2 Å². The molecule has 0 bridgehead atoms. The van der Waals surface area contributed by atoms with E-state index in [-0.39, 0.29) is 5.91 Å². The van der Waals surface area contributed by atoms with Gasteiger partial charge in [-0.25, -0.2) is 4.98 Å². The standard InChI is InChI=1S/C21H22N2O2S/c1-14-8-4-6-10-17(14)21-23-15(2)19(26-21)13-22-20(24)12-16-9-5-7-11-18(16)25-3/h4-11H,12-13H2,1-3H3,(H,22,24). The smallest absolute Gasteiger partial charge is 0.224 e. The molecule has 0 atom stereocenters. The number of nitrogens with one attached hydrogen (secondary N) is 1. The van der Waals surface area contributed by atoms with Crippen LogP contribution in [0.4, 0.5) is 0 Å². The van der Waals surface area contributed by atoms with Gasteiger partial charge in [-0.3, -0.25) is 4.79 Å². The lowest BCUT2D eigenvalue weighted by atomic mass is 10.1. The number of ether oxygens (including phenoxy) is 1. The summed E-state index contributed by atoms with van der Waals surface area (Å²) in [6.07, 6.45) is 0.298. The van der Waals surface area contributed by atoms with E-state index in [1.165, 1.54) is 5.56 Å². The first-order valence-corrected chi connectivity index (χ1v) is 9.31. The van der Waals surface area contributed by atoms with Crippen LogP contribution in [0, 0.1) is 13.8 Å². The number of aromatic nitrogens is 1. The summed E-state index contributed by atoms with van der Waals surface area (Å²) in [6.45, 7) is 4.56. The molecule has 0 spiro atoms. The van der Waals surface area contributed by atoms with Gasteiger partial charge in [0.1, 0.15) is 10.8 Å². The summed E-state index contributed by atoms with van der Waals surface area (Å²) in [5.74, 6) is 0.707. The van der Waals surface area contributed by atoms with Gasteiger partial charge in [-0.1, -0.05) is 42.5 Å². The van der Waals surface area contributed by atoms with Crippen molar-refractivity contribution in [2.45, 2.75) is 26.8 Å². The third kappa shape index (κ3) is 4.11. The van der Waals surface area contributed by atoms with Crippen molar-refractivity contribution in [3.63, 3.8) is 0 Å². The van der Waals surface area contributed by atoms with Crippen molar-refractivity contribution in [1.82, 2.24) is 10.3 Å². The summed E-state index contributed by atoms with van der Waals surface area (Å²) >= 11 is 1.63. The average molecular weight is 366 g/mol. The molecule has 26 heavy (non-hydrogen) atoms. The number of thiazole rings is 1. The first-order chi connectivity index (χ1) is 12.6. The van der Waals surface area contributed by atoms with Gasteiger partial charge in [-0.2, -0.15) is 0 Å². The number of nitrogens with zero attached hydrogens (tertiary/aromatic N) is 1. The molecule has 4 nitrogen and oxygen atoms in total. The van der Waals surface area contributed by atoms with Gasteiger partial charge in [0.05, 0.1) is 25.8 Å². The Bertz CT molecular complexity index is 918. The number of carbonyl (C=O) groups is 1. The molecule has 1 amide bonds. The van der Waals surface area contributed by atoms with Crippen LogP contribution in [0.1, 0.15) is 21.7 Å². The zero-order valence-corrected chi connectivity index (χ0v) is 16.0. The topological polar surface area (TPSA) is 51.2 Å². The van der Waals surface area contributed by atoms with Gasteiger partial charge in [0.25, 0.3) is 0 Å². The molecular weight excluding hydrogens is 344 g/mol. The molecule has 0 saturated carbocycles. The molecule has 1 aromatic heterocycles. The van der Waals surface area contributed by atoms with E-state index in [1.807, 2.05) is 43.3 Å². The molecule has 0 aliphatic carbocycles. The van der Waals surface area contributed by atoms with Crippen molar-refractivity contribution >= 4 is 17.2 Å². The minimum atomic E-state index is -0.0280. The van der Waals surface area contributed by atoms with Crippen LogP contribution >= 0.6 is 11.3 Å². The van der Waals surface area contributed by atoms with E-state index < -0.39 is 0 Å². The van der Waals surface area contributed by atoms with Crippen molar-refractivity contribution in [2.75, 3.05) is 7.11 Å². The van der Waals surface area contributed by atoms with Crippen LogP contribution < -0.4 is 10.1 Å². The van der Waals surface area contributed by atoms with E-state index in [4.69, 9.17) is 4.74 Å². The Labute approximate surface area is 157 Å². The van der Waals surface area contributed by atoms with Gasteiger partial charge in [-0.05, 0) is 25.5 Å². The number of hydrogen-bond donors (Lipinski definition) is 1. The summed E-state index contributed by atoms with van der Waals surface area (Å²) < 4.78 is 5.30. The first-order valence-electron chi connectivity index (χ1n) is 8.49. The first kappa shape index (κ1) is 18.1. The number of para-hydroxylation sites is 1.